The van der Waals surface area contributed by atoms with E-state index in [-0.39, 0.29) is 6.42 Å². The summed E-state index contributed by atoms with van der Waals surface area (Å²) >= 11 is 0. The van der Waals surface area contributed by atoms with Crippen molar-refractivity contribution in [3.05, 3.63) is 11.8 Å². The minimum atomic E-state index is -0.965. The van der Waals surface area contributed by atoms with Gasteiger partial charge in [-0.1, -0.05) is 33.6 Å². The number of aliphatic hydroxyl groups is 1. The lowest BCUT2D eigenvalue weighted by molar-refractivity contribution is -0.925. The number of hydrogen-bond donors (Lipinski definition) is 1. The summed E-state index contributed by atoms with van der Waals surface area (Å²) in [6.45, 7) is 10.2. The number of carboxylic acid groups (broad SMARTS) is 1. The van der Waals surface area contributed by atoms with E-state index in [0.717, 1.165) is 56.2 Å². The lowest BCUT2D eigenvalue weighted by Crippen LogP contribution is -2.51. The van der Waals surface area contributed by atoms with Gasteiger partial charge in [-0.25, -0.2) is 0 Å². The molecule has 0 aromatic rings. The summed E-state index contributed by atoms with van der Waals surface area (Å²) in [5.41, 5.74) is 0. The molecule has 0 aromatic carbocycles. The van der Waals surface area contributed by atoms with E-state index in [1.807, 2.05) is 6.08 Å². The van der Waals surface area contributed by atoms with Crippen molar-refractivity contribution < 1.29 is 19.5 Å². The Balaban J connectivity index is 4.64. The largest absolute Gasteiger partial charge is 0.550 e. The average molecular weight is 328 g/mol. The van der Waals surface area contributed by atoms with Crippen LogP contribution in [0.5, 0.6) is 0 Å². The number of carboxylic acids is 1. The van der Waals surface area contributed by atoms with E-state index in [1.54, 1.807) is 0 Å². The zero-order chi connectivity index (χ0) is 17.6. The molecule has 0 saturated carbocycles. The molecule has 23 heavy (non-hydrogen) atoms. The molecule has 1 N–H and O–H groups in total. The fourth-order valence-corrected chi connectivity index (χ4v) is 3.31. The molecule has 0 aromatic heterocycles. The van der Waals surface area contributed by atoms with Crippen LogP contribution in [0.25, 0.3) is 0 Å². The van der Waals surface area contributed by atoms with Gasteiger partial charge in [-0.15, -0.1) is 0 Å². The molecule has 0 amide bonds. The Morgan fingerprint density at radius 1 is 0.957 bits per heavy atom. The third-order valence-electron chi connectivity index (χ3n) is 4.34. The summed E-state index contributed by atoms with van der Waals surface area (Å²) in [6.07, 6.45) is 10.3. The second-order valence-corrected chi connectivity index (χ2v) is 6.69. The Hall–Kier alpha value is -1.03. The van der Waals surface area contributed by atoms with Gasteiger partial charge in [-0.2, -0.15) is 0 Å². The second kappa shape index (κ2) is 13.4. The molecule has 136 valence electrons. The first-order valence-corrected chi connectivity index (χ1v) is 9.42. The van der Waals surface area contributed by atoms with Gasteiger partial charge in [0.15, 0.2) is 0 Å². The van der Waals surface area contributed by atoms with Gasteiger partial charge >= 0.3 is 0 Å². The van der Waals surface area contributed by atoms with E-state index < -0.39 is 5.97 Å². The molecule has 0 heterocycles. The number of carbonyl (C=O) groups is 1. The molecule has 0 atom stereocenters. The van der Waals surface area contributed by atoms with Crippen LogP contribution in [-0.2, 0) is 4.79 Å². The summed E-state index contributed by atoms with van der Waals surface area (Å²) in [6, 6.07) is 0. The zero-order valence-electron chi connectivity index (χ0n) is 15.5. The Labute approximate surface area is 142 Å². The molecule has 4 nitrogen and oxygen atoms in total. The number of aliphatic carboxylic acids is 1. The summed E-state index contributed by atoms with van der Waals surface area (Å²) in [5.74, 6) is -0.462. The Morgan fingerprint density at radius 3 is 2.13 bits per heavy atom. The minimum Gasteiger partial charge on any atom is -0.550 e. The van der Waals surface area contributed by atoms with Gasteiger partial charge in [0.25, 0.3) is 0 Å². The Morgan fingerprint density at radius 2 is 1.61 bits per heavy atom. The van der Waals surface area contributed by atoms with Gasteiger partial charge in [-0.3, -0.25) is 0 Å². The molecule has 0 bridgehead atoms. The Bertz CT molecular complexity index is 334. The number of rotatable bonds is 15. The van der Waals surface area contributed by atoms with Gasteiger partial charge in [-0.05, 0) is 51.0 Å². The highest BCUT2D eigenvalue weighted by Crippen LogP contribution is 2.16. The van der Waals surface area contributed by atoms with E-state index in [0.29, 0.717) is 18.7 Å². The minimum absolute atomic E-state index is 0.136. The predicted octanol–water partition coefficient (Wildman–Crippen LogP) is 3.57. The topological polar surface area (TPSA) is 60.4 Å². The molecular formula is C19H37NO3. The van der Waals surface area contributed by atoms with Crippen LogP contribution in [0.3, 0.4) is 0 Å². The van der Waals surface area contributed by atoms with Crippen LogP contribution in [0.15, 0.2) is 11.8 Å². The number of nitrogens with zero attached hydrogens (tertiary/aromatic N) is 1. The highest BCUT2D eigenvalue weighted by atomic mass is 16.4. The van der Waals surface area contributed by atoms with E-state index in [4.69, 9.17) is 0 Å². The number of hydrogen-bond acceptors (Lipinski definition) is 3. The molecule has 4 heteroatoms. The van der Waals surface area contributed by atoms with Crippen molar-refractivity contribution in [1.82, 2.24) is 0 Å². The van der Waals surface area contributed by atoms with Crippen LogP contribution >= 0.6 is 0 Å². The van der Waals surface area contributed by atoms with Crippen molar-refractivity contribution >= 4 is 5.97 Å². The molecule has 0 rings (SSSR count). The number of quaternary nitrogens is 1. The summed E-state index contributed by atoms with van der Waals surface area (Å²) in [5, 5.41) is 20.9. The molecule has 0 aliphatic carbocycles. The molecular weight excluding hydrogens is 290 g/mol. The average Bonchev–Trinajstić information content (AvgIpc) is 2.48. The van der Waals surface area contributed by atoms with Gasteiger partial charge < -0.3 is 19.5 Å². The van der Waals surface area contributed by atoms with Gasteiger partial charge in [0.05, 0.1) is 19.6 Å². The van der Waals surface area contributed by atoms with Crippen LogP contribution in [0.1, 0.15) is 78.6 Å². The summed E-state index contributed by atoms with van der Waals surface area (Å²) in [4.78, 5) is 10.6. The van der Waals surface area contributed by atoms with E-state index in [2.05, 4.69) is 20.8 Å². The second-order valence-electron chi connectivity index (χ2n) is 6.69. The van der Waals surface area contributed by atoms with Crippen molar-refractivity contribution in [1.29, 1.82) is 0 Å². The molecule has 0 saturated heterocycles. The van der Waals surface area contributed by atoms with Gasteiger partial charge in [0.1, 0.15) is 12.3 Å². The SMILES string of the molecule is CCCCC/C=C(\O)C[N+](CCC)(CCC)CCCCC(=O)[O-]. The first kappa shape index (κ1) is 22.0. The smallest absolute Gasteiger partial charge is 0.143 e. The molecule has 0 unspecified atom stereocenters. The van der Waals surface area contributed by atoms with Crippen LogP contribution in [-0.4, -0.2) is 41.7 Å². The van der Waals surface area contributed by atoms with Gasteiger partial charge in [0.2, 0.25) is 0 Å². The van der Waals surface area contributed by atoms with Crippen molar-refractivity contribution in [2.75, 3.05) is 26.2 Å². The highest BCUT2D eigenvalue weighted by Gasteiger charge is 2.26. The maximum absolute atomic E-state index is 10.6. The summed E-state index contributed by atoms with van der Waals surface area (Å²) in [7, 11) is 0. The predicted molar refractivity (Wildman–Crippen MR) is 94.0 cm³/mol. The van der Waals surface area contributed by atoms with Crippen molar-refractivity contribution in [2.24, 2.45) is 0 Å². The normalized spacial score (nSPS) is 12.6. The number of unbranched alkanes of at least 4 members (excludes halogenated alkanes) is 4. The van der Waals surface area contributed by atoms with Crippen LogP contribution < -0.4 is 5.11 Å². The molecule has 0 fully saturated rings. The highest BCUT2D eigenvalue weighted by molar-refractivity contribution is 5.64. The van der Waals surface area contributed by atoms with E-state index in [9.17, 15) is 15.0 Å². The van der Waals surface area contributed by atoms with Crippen LogP contribution in [0, 0.1) is 0 Å². The van der Waals surface area contributed by atoms with E-state index >= 15 is 0 Å². The molecule has 0 aliphatic heterocycles. The first-order chi connectivity index (χ1) is 11.0. The first-order valence-electron chi connectivity index (χ1n) is 9.42. The maximum atomic E-state index is 10.6. The standard InChI is InChI=1S/C19H37NO3/c1-4-7-8-9-12-18(21)17-20(14-5-2,15-6-3)16-11-10-13-19(22)23/h12H,4-11,13-17H2,1-3H3,(H-,21,22,23)/b18-12-. The molecule has 0 aliphatic rings. The fourth-order valence-electron chi connectivity index (χ4n) is 3.31. The third-order valence-corrected chi connectivity index (χ3v) is 4.34. The van der Waals surface area contributed by atoms with Crippen LogP contribution in [0.2, 0.25) is 0 Å². The van der Waals surface area contributed by atoms with Crippen molar-refractivity contribution in [3.8, 4) is 0 Å². The number of aliphatic hydroxyl groups excluding tert-OH is 1. The fraction of sp³-hybridized carbons (Fsp3) is 0.842. The van der Waals surface area contributed by atoms with Crippen LogP contribution in [0.4, 0.5) is 0 Å². The van der Waals surface area contributed by atoms with Crippen molar-refractivity contribution in [3.63, 3.8) is 0 Å². The van der Waals surface area contributed by atoms with Crippen molar-refractivity contribution in [2.45, 2.75) is 78.6 Å². The Kier molecular flexibility index (Phi) is 12.8. The monoisotopic (exact) mass is 327 g/mol. The lowest BCUT2D eigenvalue weighted by atomic mass is 10.1. The number of allylic oxidation sites excluding steroid dienone is 1. The van der Waals surface area contributed by atoms with Gasteiger partial charge in [0, 0.05) is 5.97 Å². The maximum Gasteiger partial charge on any atom is 0.143 e. The quantitative estimate of drug-likeness (QED) is 0.284. The lowest BCUT2D eigenvalue weighted by Gasteiger charge is -2.38. The van der Waals surface area contributed by atoms with E-state index in [1.165, 1.54) is 12.8 Å². The zero-order valence-corrected chi connectivity index (χ0v) is 15.5. The summed E-state index contributed by atoms with van der Waals surface area (Å²) < 4.78 is 0.871. The molecule has 0 radical (unpaired) electrons. The third kappa shape index (κ3) is 11.2. The molecule has 0 spiro atoms. The number of carbonyl (C=O) groups excluding carboxylic acids is 1.